The summed E-state index contributed by atoms with van der Waals surface area (Å²) in [7, 11) is 3.52. The molecule has 0 aromatic carbocycles. The van der Waals surface area contributed by atoms with Crippen molar-refractivity contribution in [3.8, 4) is 5.82 Å². The van der Waals surface area contributed by atoms with Gasteiger partial charge in [-0.05, 0) is 43.5 Å². The molecule has 30 heavy (non-hydrogen) atoms. The first kappa shape index (κ1) is 19.1. The standard InChI is InChI=1S/C22H27N5O3/c1-24(2)19(29)13-27-17-5-3-8-23-20(17)26-9-4-6-18(26)22(27)7-10-25(14-22)21(30)15-11-16(28)12-15/h3-6,8-9,15-16,28H,7,10-14H2,1-2H3. The Bertz CT molecular complexity index is 996. The number of likely N-dealkylation sites (tertiary alicyclic amines) is 1. The zero-order valence-corrected chi connectivity index (χ0v) is 17.4. The number of pyridine rings is 1. The summed E-state index contributed by atoms with van der Waals surface area (Å²) in [5.41, 5.74) is 1.48. The van der Waals surface area contributed by atoms with E-state index >= 15 is 0 Å². The van der Waals surface area contributed by atoms with Gasteiger partial charge in [0.05, 0.1) is 24.0 Å². The molecule has 2 aromatic rings. The fraction of sp³-hybridized carbons (Fsp3) is 0.500. The summed E-state index contributed by atoms with van der Waals surface area (Å²) < 4.78 is 2.09. The summed E-state index contributed by atoms with van der Waals surface area (Å²) in [6.45, 7) is 1.39. The van der Waals surface area contributed by atoms with Crippen molar-refractivity contribution in [2.75, 3.05) is 38.6 Å². The van der Waals surface area contributed by atoms with Crippen LogP contribution in [0.5, 0.6) is 0 Å². The van der Waals surface area contributed by atoms with Gasteiger partial charge in [-0.2, -0.15) is 0 Å². The Morgan fingerprint density at radius 3 is 2.80 bits per heavy atom. The predicted octanol–water partition coefficient (Wildman–Crippen LogP) is 0.979. The highest BCUT2D eigenvalue weighted by Gasteiger charge is 2.52. The average Bonchev–Trinajstić information content (AvgIpc) is 3.37. The van der Waals surface area contributed by atoms with E-state index in [1.165, 1.54) is 0 Å². The molecule has 1 N–H and O–H groups in total. The van der Waals surface area contributed by atoms with Gasteiger partial charge in [-0.25, -0.2) is 4.98 Å². The molecule has 4 heterocycles. The van der Waals surface area contributed by atoms with Crippen LogP contribution in [0.3, 0.4) is 0 Å². The number of nitrogens with zero attached hydrogens (tertiary/aromatic N) is 5. The van der Waals surface area contributed by atoms with Gasteiger partial charge in [0.15, 0.2) is 5.82 Å². The number of aliphatic hydroxyl groups is 1. The van der Waals surface area contributed by atoms with Crippen LogP contribution in [0.15, 0.2) is 36.7 Å². The van der Waals surface area contributed by atoms with E-state index in [0.29, 0.717) is 25.9 Å². The van der Waals surface area contributed by atoms with Gasteiger partial charge in [-0.15, -0.1) is 0 Å². The number of amides is 2. The van der Waals surface area contributed by atoms with Crippen LogP contribution in [0.4, 0.5) is 5.69 Å². The molecule has 8 heteroatoms. The normalized spacial score (nSPS) is 26.9. The van der Waals surface area contributed by atoms with Gasteiger partial charge in [0.2, 0.25) is 11.8 Å². The number of hydrogen-bond donors (Lipinski definition) is 1. The lowest BCUT2D eigenvalue weighted by molar-refractivity contribution is -0.141. The Balaban J connectivity index is 1.55. The number of carbonyl (C=O) groups is 2. The topological polar surface area (TPSA) is 81.9 Å². The number of aromatic nitrogens is 2. The average molecular weight is 409 g/mol. The lowest BCUT2D eigenvalue weighted by Gasteiger charge is -2.47. The van der Waals surface area contributed by atoms with E-state index in [9.17, 15) is 14.7 Å². The summed E-state index contributed by atoms with van der Waals surface area (Å²) in [5, 5.41) is 9.63. The molecule has 2 amide bonds. The van der Waals surface area contributed by atoms with Crippen LogP contribution >= 0.6 is 0 Å². The van der Waals surface area contributed by atoms with Crippen molar-refractivity contribution in [1.82, 2.24) is 19.4 Å². The molecule has 1 saturated carbocycles. The quantitative estimate of drug-likeness (QED) is 0.817. The molecule has 8 nitrogen and oxygen atoms in total. The first-order chi connectivity index (χ1) is 14.4. The summed E-state index contributed by atoms with van der Waals surface area (Å²) >= 11 is 0. The Hall–Kier alpha value is -2.87. The van der Waals surface area contributed by atoms with Gasteiger partial charge in [-0.1, -0.05) is 0 Å². The minimum Gasteiger partial charge on any atom is -0.393 e. The number of fused-ring (bicyclic) bond motifs is 4. The third-order valence-corrected chi connectivity index (χ3v) is 6.84. The first-order valence-corrected chi connectivity index (χ1v) is 10.5. The van der Waals surface area contributed by atoms with E-state index in [2.05, 4.69) is 20.5 Å². The highest BCUT2D eigenvalue weighted by Crippen LogP contribution is 2.47. The molecular weight excluding hydrogens is 382 g/mol. The minimum absolute atomic E-state index is 0.0103. The van der Waals surface area contributed by atoms with Crippen molar-refractivity contribution < 1.29 is 14.7 Å². The largest absolute Gasteiger partial charge is 0.393 e. The van der Waals surface area contributed by atoms with E-state index in [1.807, 2.05) is 29.3 Å². The van der Waals surface area contributed by atoms with Crippen LogP contribution in [0.1, 0.15) is 25.0 Å². The predicted molar refractivity (Wildman–Crippen MR) is 111 cm³/mol. The Labute approximate surface area is 175 Å². The van der Waals surface area contributed by atoms with Gasteiger partial charge in [0.1, 0.15) is 5.54 Å². The van der Waals surface area contributed by atoms with Crippen molar-refractivity contribution in [3.63, 3.8) is 0 Å². The second kappa shape index (κ2) is 6.84. The zero-order valence-electron chi connectivity index (χ0n) is 17.4. The van der Waals surface area contributed by atoms with Gasteiger partial charge in [0, 0.05) is 45.5 Å². The first-order valence-electron chi connectivity index (χ1n) is 10.5. The zero-order chi connectivity index (χ0) is 21.0. The van der Waals surface area contributed by atoms with Crippen LogP contribution < -0.4 is 4.90 Å². The minimum atomic E-state index is -0.483. The molecule has 1 saturated heterocycles. The molecule has 158 valence electrons. The Morgan fingerprint density at radius 2 is 2.07 bits per heavy atom. The Morgan fingerprint density at radius 1 is 1.27 bits per heavy atom. The van der Waals surface area contributed by atoms with Crippen LogP contribution in [-0.4, -0.2) is 76.1 Å². The molecule has 1 aliphatic carbocycles. The number of rotatable bonds is 3. The summed E-state index contributed by atoms with van der Waals surface area (Å²) in [6.07, 6.45) is 5.25. The van der Waals surface area contributed by atoms with Crippen LogP contribution in [0.2, 0.25) is 0 Å². The van der Waals surface area contributed by atoms with Crippen molar-refractivity contribution in [1.29, 1.82) is 0 Å². The monoisotopic (exact) mass is 409 g/mol. The summed E-state index contributed by atoms with van der Waals surface area (Å²) in [6, 6.07) is 7.97. The fourth-order valence-electron chi connectivity index (χ4n) is 5.07. The number of hydrogen-bond acceptors (Lipinski definition) is 5. The molecule has 1 spiro atoms. The molecule has 3 aliphatic rings. The second-order valence-electron chi connectivity index (χ2n) is 8.85. The van der Waals surface area contributed by atoms with Crippen molar-refractivity contribution in [2.45, 2.75) is 30.9 Å². The van der Waals surface area contributed by atoms with Gasteiger partial charge >= 0.3 is 0 Å². The van der Waals surface area contributed by atoms with Crippen LogP contribution in [-0.2, 0) is 15.1 Å². The van der Waals surface area contributed by atoms with Crippen LogP contribution in [0.25, 0.3) is 5.82 Å². The molecular formula is C22H27N5O3. The lowest BCUT2D eigenvalue weighted by Crippen LogP contribution is -2.56. The van der Waals surface area contributed by atoms with Crippen molar-refractivity contribution >= 4 is 17.5 Å². The molecule has 0 bridgehead atoms. The van der Waals surface area contributed by atoms with Gasteiger partial charge in [0.25, 0.3) is 0 Å². The summed E-state index contributed by atoms with van der Waals surface area (Å²) in [5.74, 6) is 0.847. The second-order valence-corrected chi connectivity index (χ2v) is 8.85. The van der Waals surface area contributed by atoms with E-state index in [-0.39, 0.29) is 30.4 Å². The van der Waals surface area contributed by atoms with Gasteiger partial charge in [-0.3, -0.25) is 9.59 Å². The lowest BCUT2D eigenvalue weighted by atomic mass is 9.81. The smallest absolute Gasteiger partial charge is 0.241 e. The van der Waals surface area contributed by atoms with Crippen molar-refractivity contribution in [2.24, 2.45) is 5.92 Å². The van der Waals surface area contributed by atoms with Crippen molar-refractivity contribution in [3.05, 3.63) is 42.4 Å². The molecule has 2 fully saturated rings. The number of aliphatic hydroxyl groups excluding tert-OH is 1. The maximum atomic E-state index is 13.0. The maximum Gasteiger partial charge on any atom is 0.241 e. The highest BCUT2D eigenvalue weighted by atomic mass is 16.3. The maximum absolute atomic E-state index is 13.0. The molecule has 2 aromatic heterocycles. The number of anilines is 1. The van der Waals surface area contributed by atoms with Crippen LogP contribution in [0, 0.1) is 5.92 Å². The molecule has 5 rings (SSSR count). The van der Waals surface area contributed by atoms with E-state index in [4.69, 9.17) is 0 Å². The molecule has 0 radical (unpaired) electrons. The van der Waals surface area contributed by atoms with E-state index in [1.54, 1.807) is 25.2 Å². The highest BCUT2D eigenvalue weighted by molar-refractivity contribution is 5.84. The molecule has 1 atom stereocenters. The molecule has 2 aliphatic heterocycles. The third kappa shape index (κ3) is 2.74. The van der Waals surface area contributed by atoms with Gasteiger partial charge < -0.3 is 24.4 Å². The van der Waals surface area contributed by atoms with E-state index < -0.39 is 5.54 Å². The number of carbonyl (C=O) groups excluding carboxylic acids is 2. The third-order valence-electron chi connectivity index (χ3n) is 6.84. The summed E-state index contributed by atoms with van der Waals surface area (Å²) in [4.78, 5) is 36.1. The SMILES string of the molecule is CN(C)C(=O)CN1c2cccnc2-n2cccc2C12CCN(C(=O)C1CC(O)C1)C2. The number of likely N-dealkylation sites (N-methyl/N-ethyl adjacent to an activating group) is 1. The fourth-order valence-corrected chi connectivity index (χ4v) is 5.07. The Kier molecular flexibility index (Phi) is 4.36. The molecule has 1 unspecified atom stereocenters. The van der Waals surface area contributed by atoms with E-state index in [0.717, 1.165) is 23.6 Å².